The molecule has 328 valence electrons. The molecule has 0 spiro atoms. The van der Waals surface area contributed by atoms with E-state index in [1.165, 1.54) is 18.3 Å². The number of hydrogen-bond donors (Lipinski definition) is 11. The van der Waals surface area contributed by atoms with Crippen molar-refractivity contribution < 1.29 is 53.7 Å². The Morgan fingerprint density at radius 3 is 1.72 bits per heavy atom. The number of nitrogen functional groups attached to an aromatic ring is 1. The van der Waals surface area contributed by atoms with Gasteiger partial charge < -0.3 is 52.6 Å². The summed E-state index contributed by atoms with van der Waals surface area (Å²) < 4.78 is 0. The second-order valence-corrected chi connectivity index (χ2v) is 14.0. The molecule has 0 radical (unpaired) electrons. The number of nitrogens with one attached hydrogen (secondary N) is 7. The Labute approximate surface area is 351 Å². The molecular formula is C41H53N9O11. The normalized spacial score (nSPS) is 12.6. The van der Waals surface area contributed by atoms with Crippen LogP contribution in [0.4, 0.5) is 10.6 Å². The molecule has 61 heavy (non-hydrogen) atoms. The van der Waals surface area contributed by atoms with Crippen LogP contribution in [0.2, 0.25) is 0 Å². The Bertz CT molecular complexity index is 1920. The summed E-state index contributed by atoms with van der Waals surface area (Å²) in [4.78, 5) is 103. The third-order valence-corrected chi connectivity index (χ3v) is 9.20. The number of carboxylic acid groups (broad SMARTS) is 3. The standard InChI is InChI=1S/C41H53N9O11/c42-50-33-19-18-28(25-45-33)36(54)46-31(23-27-14-6-2-7-15-27)38(56)47-30(22-26-12-4-1-5-13-26)37(55)44-21-10-3-8-17-34(51)43-20-11-9-16-29(39(57)58)48-41(61)49-32(40(59)60)24-35(52)53/h1-2,4-7,12-15,18-19,25,29-32H,3,8-11,16-17,20-24,42H2,(H,43,51)(H,44,55)(H,45,50)(H,46,54)(H,47,56)(H,52,53)(H,57,58)(H,59,60)(H2,48,49,61)/t29-,30-,31-,32+/m1/s1. The number of carboxylic acids is 3. The van der Waals surface area contributed by atoms with Gasteiger partial charge in [0.1, 0.15) is 30.0 Å². The van der Waals surface area contributed by atoms with Crippen LogP contribution in [0, 0.1) is 0 Å². The van der Waals surface area contributed by atoms with Gasteiger partial charge in [-0.25, -0.2) is 25.2 Å². The molecule has 0 aliphatic carbocycles. The largest absolute Gasteiger partial charge is 0.481 e. The number of aliphatic carboxylic acids is 3. The van der Waals surface area contributed by atoms with Crippen molar-refractivity contribution in [1.82, 2.24) is 36.9 Å². The maximum Gasteiger partial charge on any atom is 0.326 e. The molecule has 2 aromatic carbocycles. The zero-order valence-corrected chi connectivity index (χ0v) is 33.4. The highest BCUT2D eigenvalue weighted by molar-refractivity contribution is 5.98. The van der Waals surface area contributed by atoms with Gasteiger partial charge in [-0.05, 0) is 55.4 Å². The van der Waals surface area contributed by atoms with Gasteiger partial charge in [0.05, 0.1) is 12.0 Å². The van der Waals surface area contributed by atoms with Crippen LogP contribution < -0.4 is 43.2 Å². The molecule has 0 unspecified atom stereocenters. The zero-order valence-electron chi connectivity index (χ0n) is 33.4. The van der Waals surface area contributed by atoms with Gasteiger partial charge >= 0.3 is 23.9 Å². The maximum absolute atomic E-state index is 13.8. The highest BCUT2D eigenvalue weighted by atomic mass is 16.4. The van der Waals surface area contributed by atoms with Gasteiger partial charge in [-0.3, -0.25) is 24.0 Å². The minimum atomic E-state index is -1.74. The third kappa shape index (κ3) is 18.6. The average molecular weight is 848 g/mol. The number of hydrogen-bond acceptors (Lipinski definition) is 11. The van der Waals surface area contributed by atoms with Crippen molar-refractivity contribution in [3.8, 4) is 0 Å². The van der Waals surface area contributed by atoms with E-state index in [-0.39, 0.29) is 50.2 Å². The van der Waals surface area contributed by atoms with E-state index in [1.807, 2.05) is 66.0 Å². The lowest BCUT2D eigenvalue weighted by Crippen LogP contribution is -2.55. The summed E-state index contributed by atoms with van der Waals surface area (Å²) in [7, 11) is 0. The number of carbonyl (C=O) groups is 8. The first-order chi connectivity index (χ1) is 29.2. The first-order valence-corrected chi connectivity index (χ1v) is 19.7. The quantitative estimate of drug-likeness (QED) is 0.0291. The molecule has 20 heteroatoms. The van der Waals surface area contributed by atoms with Gasteiger partial charge in [-0.15, -0.1) is 0 Å². The number of carbonyl (C=O) groups excluding carboxylic acids is 5. The van der Waals surface area contributed by atoms with Crippen LogP contribution in [-0.2, 0) is 41.6 Å². The van der Waals surface area contributed by atoms with Crippen LogP contribution in [0.3, 0.4) is 0 Å². The number of hydrazine groups is 1. The number of urea groups is 1. The van der Waals surface area contributed by atoms with Crippen molar-refractivity contribution in [1.29, 1.82) is 0 Å². The van der Waals surface area contributed by atoms with E-state index >= 15 is 0 Å². The Morgan fingerprint density at radius 1 is 0.590 bits per heavy atom. The Balaban J connectivity index is 1.45. The smallest absolute Gasteiger partial charge is 0.326 e. The topological polar surface area (TPSA) is 320 Å². The number of anilines is 1. The van der Waals surface area contributed by atoms with E-state index < -0.39 is 72.2 Å². The van der Waals surface area contributed by atoms with Crippen LogP contribution in [0.25, 0.3) is 0 Å². The Hall–Kier alpha value is -7.09. The number of benzene rings is 2. The lowest BCUT2D eigenvalue weighted by Gasteiger charge is -2.23. The first kappa shape index (κ1) is 48.3. The van der Waals surface area contributed by atoms with E-state index in [4.69, 9.17) is 16.1 Å². The lowest BCUT2D eigenvalue weighted by atomic mass is 10.0. The Kier molecular flexibility index (Phi) is 20.7. The van der Waals surface area contributed by atoms with Crippen LogP contribution in [-0.4, -0.2) is 105 Å². The molecule has 4 atom stereocenters. The fourth-order valence-corrected chi connectivity index (χ4v) is 5.95. The molecule has 20 nitrogen and oxygen atoms in total. The number of unbranched alkanes of at least 4 members (excludes halogenated alkanes) is 3. The monoisotopic (exact) mass is 847 g/mol. The number of nitrogens with zero attached hydrogens (tertiary/aromatic N) is 1. The van der Waals surface area contributed by atoms with Crippen molar-refractivity contribution in [3.05, 3.63) is 95.7 Å². The van der Waals surface area contributed by atoms with E-state index in [1.54, 1.807) is 0 Å². The van der Waals surface area contributed by atoms with E-state index in [2.05, 4.69) is 37.0 Å². The number of aromatic nitrogens is 1. The van der Waals surface area contributed by atoms with Crippen molar-refractivity contribution in [2.24, 2.45) is 5.84 Å². The van der Waals surface area contributed by atoms with Gasteiger partial charge in [0, 0.05) is 38.5 Å². The molecule has 6 amide bonds. The molecule has 0 fully saturated rings. The third-order valence-electron chi connectivity index (χ3n) is 9.20. The van der Waals surface area contributed by atoms with Crippen molar-refractivity contribution in [3.63, 3.8) is 0 Å². The summed E-state index contributed by atoms with van der Waals surface area (Å²) in [6.07, 6.45) is 3.32. The number of pyridine rings is 1. The van der Waals surface area contributed by atoms with Gasteiger partial charge in [-0.2, -0.15) is 0 Å². The van der Waals surface area contributed by atoms with E-state index in [0.717, 1.165) is 11.1 Å². The summed E-state index contributed by atoms with van der Waals surface area (Å²) in [5, 5.41) is 42.6. The van der Waals surface area contributed by atoms with E-state index in [0.29, 0.717) is 37.9 Å². The first-order valence-electron chi connectivity index (χ1n) is 19.7. The SMILES string of the molecule is NNc1ccc(C(=O)N[C@H](Cc2ccccc2)C(=O)N[C@H](Cc2ccccc2)C(=O)NCCCCCC(=O)NCCCC[C@@H](NC(=O)N[C@@H](CC(=O)O)C(=O)O)C(=O)O)cn1. The van der Waals surface area contributed by atoms with E-state index in [9.17, 15) is 43.5 Å². The van der Waals surface area contributed by atoms with Gasteiger partial charge in [0.2, 0.25) is 17.7 Å². The lowest BCUT2D eigenvalue weighted by molar-refractivity contribution is -0.145. The molecule has 0 aliphatic rings. The fraction of sp³-hybridized carbons (Fsp3) is 0.390. The molecule has 1 aromatic heterocycles. The minimum Gasteiger partial charge on any atom is -0.481 e. The molecule has 0 aliphatic heterocycles. The van der Waals surface area contributed by atoms with Crippen LogP contribution >= 0.6 is 0 Å². The maximum atomic E-state index is 13.8. The molecular weight excluding hydrogens is 795 g/mol. The second kappa shape index (κ2) is 26.1. The van der Waals surface area contributed by atoms with Crippen molar-refractivity contribution in [2.75, 3.05) is 18.5 Å². The molecule has 0 saturated carbocycles. The molecule has 0 bridgehead atoms. The number of amides is 6. The number of nitrogens with two attached hydrogens (primary N) is 1. The van der Waals surface area contributed by atoms with Crippen LogP contribution in [0.1, 0.15) is 72.9 Å². The Morgan fingerprint density at radius 2 is 1.16 bits per heavy atom. The summed E-state index contributed by atoms with van der Waals surface area (Å²) in [5.41, 5.74) is 4.20. The highest BCUT2D eigenvalue weighted by Gasteiger charge is 2.29. The van der Waals surface area contributed by atoms with Crippen molar-refractivity contribution >= 4 is 53.4 Å². The summed E-state index contributed by atoms with van der Waals surface area (Å²) >= 11 is 0. The minimum absolute atomic E-state index is 0.0250. The predicted octanol–water partition coefficient (Wildman–Crippen LogP) is 1.08. The fourth-order valence-electron chi connectivity index (χ4n) is 5.95. The second-order valence-electron chi connectivity index (χ2n) is 14.0. The van der Waals surface area contributed by atoms with Gasteiger partial charge in [0.15, 0.2) is 0 Å². The summed E-state index contributed by atoms with van der Waals surface area (Å²) in [6, 6.07) is 15.1. The molecule has 1 heterocycles. The summed E-state index contributed by atoms with van der Waals surface area (Å²) in [5.74, 6) is -0.418. The average Bonchev–Trinajstić information content (AvgIpc) is 3.23. The molecule has 0 saturated heterocycles. The zero-order chi connectivity index (χ0) is 44.6. The van der Waals surface area contributed by atoms with Crippen LogP contribution in [0.15, 0.2) is 79.0 Å². The van der Waals surface area contributed by atoms with Crippen molar-refractivity contribution in [2.45, 2.75) is 88.4 Å². The number of rotatable bonds is 27. The van der Waals surface area contributed by atoms with Gasteiger partial charge in [-0.1, -0.05) is 67.1 Å². The molecule has 3 rings (SSSR count). The van der Waals surface area contributed by atoms with Crippen LogP contribution in [0.5, 0.6) is 0 Å². The molecule has 3 aromatic rings. The molecule has 12 N–H and O–H groups in total. The summed E-state index contributed by atoms with van der Waals surface area (Å²) in [6.45, 7) is 0.522. The predicted molar refractivity (Wildman–Crippen MR) is 221 cm³/mol. The highest BCUT2D eigenvalue weighted by Crippen LogP contribution is 2.10. The van der Waals surface area contributed by atoms with Gasteiger partial charge in [0.25, 0.3) is 5.91 Å².